The first-order chi connectivity index (χ1) is 8.37. The van der Waals surface area contributed by atoms with Crippen LogP contribution in [-0.2, 0) is 14.3 Å². The van der Waals surface area contributed by atoms with Crippen molar-refractivity contribution in [2.45, 2.75) is 46.3 Å². The predicted octanol–water partition coefficient (Wildman–Crippen LogP) is 0.918. The zero-order chi connectivity index (χ0) is 14.2. The van der Waals surface area contributed by atoms with Gasteiger partial charge in [-0.1, -0.05) is 13.8 Å². The molecule has 0 saturated carbocycles. The van der Waals surface area contributed by atoms with Crippen LogP contribution in [0.5, 0.6) is 0 Å². The Morgan fingerprint density at radius 1 is 1.33 bits per heavy atom. The fourth-order valence-corrected chi connectivity index (χ4v) is 1.32. The van der Waals surface area contributed by atoms with Crippen molar-refractivity contribution in [1.29, 1.82) is 0 Å². The van der Waals surface area contributed by atoms with E-state index in [1.807, 2.05) is 27.7 Å². The van der Waals surface area contributed by atoms with Crippen molar-refractivity contribution in [1.82, 2.24) is 5.32 Å². The molecule has 0 aliphatic heterocycles. The second-order valence-electron chi connectivity index (χ2n) is 4.98. The molecule has 5 nitrogen and oxygen atoms in total. The van der Waals surface area contributed by atoms with E-state index in [-0.39, 0.29) is 11.8 Å². The first-order valence-electron chi connectivity index (χ1n) is 6.58. The molecule has 0 fully saturated rings. The standard InChI is InChI=1S/C13H28N2O3/c1-6-17-7-8-18-11(4)12(16)15-13(5,9-14)10(2)3/h10-11H,6-9,14H2,1-5H3,(H,15,16). The van der Waals surface area contributed by atoms with Crippen LogP contribution in [0.1, 0.15) is 34.6 Å². The lowest BCUT2D eigenvalue weighted by Crippen LogP contribution is -2.57. The third kappa shape index (κ3) is 5.80. The van der Waals surface area contributed by atoms with Gasteiger partial charge in [0.05, 0.1) is 18.8 Å². The minimum absolute atomic E-state index is 0.131. The van der Waals surface area contributed by atoms with Crippen molar-refractivity contribution in [2.24, 2.45) is 11.7 Å². The molecule has 18 heavy (non-hydrogen) atoms. The monoisotopic (exact) mass is 260 g/mol. The summed E-state index contributed by atoms with van der Waals surface area (Å²) in [4.78, 5) is 12.0. The Morgan fingerprint density at radius 3 is 2.39 bits per heavy atom. The highest BCUT2D eigenvalue weighted by Crippen LogP contribution is 2.15. The number of hydrogen-bond acceptors (Lipinski definition) is 4. The first kappa shape index (κ1) is 17.4. The van der Waals surface area contributed by atoms with E-state index >= 15 is 0 Å². The third-order valence-electron chi connectivity index (χ3n) is 3.28. The van der Waals surface area contributed by atoms with Gasteiger partial charge in [-0.25, -0.2) is 0 Å². The lowest BCUT2D eigenvalue weighted by molar-refractivity contribution is -0.135. The first-order valence-corrected chi connectivity index (χ1v) is 6.58. The predicted molar refractivity (Wildman–Crippen MR) is 72.3 cm³/mol. The smallest absolute Gasteiger partial charge is 0.249 e. The average molecular weight is 260 g/mol. The maximum Gasteiger partial charge on any atom is 0.249 e. The Kier molecular flexibility index (Phi) is 8.15. The molecular weight excluding hydrogens is 232 g/mol. The molecule has 1 amide bonds. The maximum atomic E-state index is 12.0. The summed E-state index contributed by atoms with van der Waals surface area (Å²) >= 11 is 0. The molecule has 108 valence electrons. The second kappa shape index (κ2) is 8.45. The number of hydrogen-bond donors (Lipinski definition) is 2. The molecule has 5 heteroatoms. The number of rotatable bonds is 9. The van der Waals surface area contributed by atoms with Crippen molar-refractivity contribution in [3.05, 3.63) is 0 Å². The highest BCUT2D eigenvalue weighted by atomic mass is 16.5. The minimum atomic E-state index is -0.491. The van der Waals surface area contributed by atoms with Crippen molar-refractivity contribution < 1.29 is 14.3 Å². The van der Waals surface area contributed by atoms with Gasteiger partial charge in [0.2, 0.25) is 5.91 Å². The molecular formula is C13H28N2O3. The summed E-state index contributed by atoms with van der Waals surface area (Å²) in [7, 11) is 0. The molecule has 0 bridgehead atoms. The Morgan fingerprint density at radius 2 is 1.94 bits per heavy atom. The van der Waals surface area contributed by atoms with Crippen LogP contribution in [0.3, 0.4) is 0 Å². The third-order valence-corrected chi connectivity index (χ3v) is 3.28. The fraction of sp³-hybridized carbons (Fsp3) is 0.923. The minimum Gasteiger partial charge on any atom is -0.379 e. The Bertz CT molecular complexity index is 246. The van der Waals surface area contributed by atoms with Crippen LogP contribution in [0.15, 0.2) is 0 Å². The highest BCUT2D eigenvalue weighted by Gasteiger charge is 2.30. The van der Waals surface area contributed by atoms with E-state index in [0.29, 0.717) is 26.4 Å². The van der Waals surface area contributed by atoms with Crippen LogP contribution in [0.4, 0.5) is 0 Å². The van der Waals surface area contributed by atoms with Gasteiger partial charge in [0.25, 0.3) is 0 Å². The molecule has 0 aromatic rings. The molecule has 0 aromatic heterocycles. The van der Waals surface area contributed by atoms with E-state index in [4.69, 9.17) is 15.2 Å². The van der Waals surface area contributed by atoms with E-state index in [1.54, 1.807) is 6.92 Å². The molecule has 0 rings (SSSR count). The Balaban J connectivity index is 4.14. The number of ether oxygens (including phenoxy) is 2. The zero-order valence-electron chi connectivity index (χ0n) is 12.3. The van der Waals surface area contributed by atoms with Gasteiger partial charge in [0.1, 0.15) is 6.10 Å². The van der Waals surface area contributed by atoms with Crippen molar-refractivity contribution >= 4 is 5.91 Å². The van der Waals surface area contributed by atoms with E-state index in [9.17, 15) is 4.79 Å². The van der Waals surface area contributed by atoms with Crippen molar-refractivity contribution in [2.75, 3.05) is 26.4 Å². The molecule has 0 saturated heterocycles. The molecule has 0 radical (unpaired) electrons. The fourth-order valence-electron chi connectivity index (χ4n) is 1.32. The van der Waals surface area contributed by atoms with Crippen LogP contribution in [0.2, 0.25) is 0 Å². The van der Waals surface area contributed by atoms with Gasteiger partial charge in [-0.2, -0.15) is 0 Å². The topological polar surface area (TPSA) is 73.6 Å². The Labute approximate surface area is 110 Å². The summed E-state index contributed by atoms with van der Waals surface area (Å²) < 4.78 is 10.5. The quantitative estimate of drug-likeness (QED) is 0.605. The zero-order valence-corrected chi connectivity index (χ0v) is 12.3. The lowest BCUT2D eigenvalue weighted by atomic mass is 9.88. The van der Waals surface area contributed by atoms with E-state index in [1.165, 1.54) is 0 Å². The molecule has 0 heterocycles. The van der Waals surface area contributed by atoms with Crippen LogP contribution < -0.4 is 11.1 Å². The van der Waals surface area contributed by atoms with Crippen LogP contribution in [0.25, 0.3) is 0 Å². The number of nitrogens with two attached hydrogens (primary N) is 1. The molecule has 0 aliphatic carbocycles. The van der Waals surface area contributed by atoms with Gasteiger partial charge in [-0.05, 0) is 26.7 Å². The molecule has 0 aliphatic rings. The van der Waals surface area contributed by atoms with E-state index in [2.05, 4.69) is 5.32 Å². The molecule has 0 spiro atoms. The van der Waals surface area contributed by atoms with E-state index < -0.39 is 11.6 Å². The van der Waals surface area contributed by atoms with Crippen molar-refractivity contribution in [3.8, 4) is 0 Å². The molecule has 0 aromatic carbocycles. The highest BCUT2D eigenvalue weighted by molar-refractivity contribution is 5.81. The summed E-state index contributed by atoms with van der Waals surface area (Å²) in [5.74, 6) is 0.134. The lowest BCUT2D eigenvalue weighted by Gasteiger charge is -2.34. The van der Waals surface area contributed by atoms with Crippen LogP contribution in [-0.4, -0.2) is 43.9 Å². The number of carbonyl (C=O) groups is 1. The number of amides is 1. The number of nitrogens with one attached hydrogen (secondary N) is 1. The van der Waals surface area contributed by atoms with Gasteiger partial charge in [0.15, 0.2) is 0 Å². The normalized spacial score (nSPS) is 16.4. The van der Waals surface area contributed by atoms with E-state index in [0.717, 1.165) is 0 Å². The van der Waals surface area contributed by atoms with Crippen LogP contribution in [0, 0.1) is 5.92 Å². The molecule has 2 unspecified atom stereocenters. The second-order valence-corrected chi connectivity index (χ2v) is 4.98. The Hall–Kier alpha value is -0.650. The molecule has 3 N–H and O–H groups in total. The van der Waals surface area contributed by atoms with Gasteiger partial charge in [-0.15, -0.1) is 0 Å². The van der Waals surface area contributed by atoms with Gasteiger partial charge >= 0.3 is 0 Å². The summed E-state index contributed by atoms with van der Waals surface area (Å²) in [5, 5.41) is 2.95. The van der Waals surface area contributed by atoms with Gasteiger partial charge in [0, 0.05) is 13.2 Å². The molecule has 2 atom stereocenters. The van der Waals surface area contributed by atoms with Gasteiger partial charge < -0.3 is 20.5 Å². The maximum absolute atomic E-state index is 12.0. The summed E-state index contributed by atoms with van der Waals surface area (Å²) in [5.41, 5.74) is 5.33. The summed E-state index contributed by atoms with van der Waals surface area (Å²) in [6.45, 7) is 11.7. The van der Waals surface area contributed by atoms with Gasteiger partial charge in [-0.3, -0.25) is 4.79 Å². The van der Waals surface area contributed by atoms with Crippen molar-refractivity contribution in [3.63, 3.8) is 0 Å². The SMILES string of the molecule is CCOCCOC(C)C(=O)NC(C)(CN)C(C)C. The summed E-state index contributed by atoms with van der Waals surface area (Å²) in [6.07, 6.45) is -0.491. The largest absolute Gasteiger partial charge is 0.379 e. The average Bonchev–Trinajstić information content (AvgIpc) is 2.33. The number of carbonyl (C=O) groups excluding carboxylic acids is 1. The summed E-state index contributed by atoms with van der Waals surface area (Å²) in [6, 6.07) is 0. The van der Waals surface area contributed by atoms with Crippen LogP contribution >= 0.6 is 0 Å².